The number of hydrogen-bond acceptors (Lipinski definition) is 5. The summed E-state index contributed by atoms with van der Waals surface area (Å²) in [6.45, 7) is 4.25. The van der Waals surface area contributed by atoms with Gasteiger partial charge >= 0.3 is 0 Å². The van der Waals surface area contributed by atoms with Crippen molar-refractivity contribution >= 4 is 23.3 Å². The summed E-state index contributed by atoms with van der Waals surface area (Å²) in [5.41, 5.74) is 0.688. The van der Waals surface area contributed by atoms with Gasteiger partial charge in [0.2, 0.25) is 11.6 Å². The van der Waals surface area contributed by atoms with E-state index in [0.29, 0.717) is 11.7 Å². The Morgan fingerprint density at radius 2 is 2.00 bits per heavy atom. The molecule has 0 aliphatic heterocycles. The molecule has 0 aliphatic rings. The van der Waals surface area contributed by atoms with Crippen LogP contribution < -0.4 is 10.9 Å². The zero-order valence-corrected chi connectivity index (χ0v) is 15.9. The van der Waals surface area contributed by atoms with E-state index in [1.54, 1.807) is 28.9 Å². The SMILES string of the molecule is CC[C@@H](C)NC(=O)CSc1nnc2c(=O)n(Cc3ccc(F)cc3)ccn12. The number of carbonyl (C=O) groups excluding carboxylic acids is 1. The maximum atomic E-state index is 13.0. The number of amides is 1. The van der Waals surface area contributed by atoms with Crippen LogP contribution in [0, 0.1) is 5.82 Å². The van der Waals surface area contributed by atoms with Crippen molar-refractivity contribution in [3.8, 4) is 0 Å². The molecule has 0 spiro atoms. The zero-order chi connectivity index (χ0) is 19.4. The van der Waals surface area contributed by atoms with Crippen LogP contribution in [-0.2, 0) is 11.3 Å². The highest BCUT2D eigenvalue weighted by atomic mass is 32.2. The molecule has 142 valence electrons. The maximum absolute atomic E-state index is 13.0. The minimum Gasteiger partial charge on any atom is -0.353 e. The number of hydrogen-bond donors (Lipinski definition) is 1. The molecular weight excluding hydrogens is 369 g/mol. The molecule has 1 aromatic carbocycles. The number of nitrogens with one attached hydrogen (secondary N) is 1. The highest BCUT2D eigenvalue weighted by Gasteiger charge is 2.13. The molecule has 0 aliphatic carbocycles. The number of nitrogens with zero attached hydrogens (tertiary/aromatic N) is 4. The molecule has 27 heavy (non-hydrogen) atoms. The van der Waals surface area contributed by atoms with Crippen LogP contribution in [0.3, 0.4) is 0 Å². The Labute approximate surface area is 159 Å². The average Bonchev–Trinajstić information content (AvgIpc) is 3.07. The van der Waals surface area contributed by atoms with Gasteiger partial charge in [-0.2, -0.15) is 0 Å². The molecule has 0 unspecified atom stereocenters. The van der Waals surface area contributed by atoms with Gasteiger partial charge in [0.25, 0.3) is 5.56 Å². The van der Waals surface area contributed by atoms with E-state index in [9.17, 15) is 14.0 Å². The molecule has 1 amide bonds. The first kappa shape index (κ1) is 19.1. The van der Waals surface area contributed by atoms with E-state index in [0.717, 1.165) is 12.0 Å². The van der Waals surface area contributed by atoms with E-state index in [2.05, 4.69) is 15.5 Å². The molecule has 1 atom stereocenters. The van der Waals surface area contributed by atoms with Gasteiger partial charge in [0.1, 0.15) is 5.82 Å². The Morgan fingerprint density at radius 3 is 2.70 bits per heavy atom. The summed E-state index contributed by atoms with van der Waals surface area (Å²) in [7, 11) is 0. The topological polar surface area (TPSA) is 81.3 Å². The van der Waals surface area contributed by atoms with Crippen molar-refractivity contribution in [3.63, 3.8) is 0 Å². The number of benzene rings is 1. The van der Waals surface area contributed by atoms with Crippen molar-refractivity contribution in [3.05, 3.63) is 58.4 Å². The summed E-state index contributed by atoms with van der Waals surface area (Å²) in [5, 5.41) is 11.3. The first-order valence-electron chi connectivity index (χ1n) is 8.58. The number of aromatic nitrogens is 4. The summed E-state index contributed by atoms with van der Waals surface area (Å²) < 4.78 is 16.1. The van der Waals surface area contributed by atoms with Crippen molar-refractivity contribution in [2.75, 3.05) is 5.75 Å². The predicted molar refractivity (Wildman–Crippen MR) is 101 cm³/mol. The molecule has 7 nitrogen and oxygen atoms in total. The number of rotatable bonds is 7. The molecule has 3 aromatic rings. The first-order chi connectivity index (χ1) is 13.0. The molecule has 2 aromatic heterocycles. The maximum Gasteiger partial charge on any atom is 0.296 e. The average molecular weight is 389 g/mol. The third-order valence-corrected chi connectivity index (χ3v) is 5.07. The Morgan fingerprint density at radius 1 is 1.26 bits per heavy atom. The molecule has 0 saturated heterocycles. The lowest BCUT2D eigenvalue weighted by Gasteiger charge is -2.10. The van der Waals surface area contributed by atoms with Crippen LogP contribution in [0.25, 0.3) is 5.65 Å². The van der Waals surface area contributed by atoms with Crippen LogP contribution in [-0.4, -0.2) is 36.9 Å². The van der Waals surface area contributed by atoms with Gasteiger partial charge in [-0.05, 0) is 31.0 Å². The van der Waals surface area contributed by atoms with Gasteiger partial charge < -0.3 is 9.88 Å². The van der Waals surface area contributed by atoms with Crippen molar-refractivity contribution in [1.82, 2.24) is 24.5 Å². The second-order valence-corrected chi connectivity index (χ2v) is 7.14. The fourth-order valence-electron chi connectivity index (χ4n) is 2.46. The fraction of sp³-hybridized carbons (Fsp3) is 0.333. The molecule has 2 heterocycles. The molecular formula is C18H20FN5O2S. The Balaban J connectivity index is 1.75. The van der Waals surface area contributed by atoms with Crippen LogP contribution in [0.15, 0.2) is 46.6 Å². The minimum absolute atomic E-state index is 0.0873. The molecule has 0 saturated carbocycles. The largest absolute Gasteiger partial charge is 0.353 e. The second-order valence-electron chi connectivity index (χ2n) is 6.20. The molecule has 1 N–H and O–H groups in total. The number of halogens is 1. The van der Waals surface area contributed by atoms with Gasteiger partial charge in [0.15, 0.2) is 5.16 Å². The minimum atomic E-state index is -0.321. The summed E-state index contributed by atoms with van der Waals surface area (Å²) >= 11 is 1.22. The predicted octanol–water partition coefficient (Wildman–Crippen LogP) is 2.09. The van der Waals surface area contributed by atoms with Gasteiger partial charge in [-0.3, -0.25) is 14.0 Å². The van der Waals surface area contributed by atoms with Crippen LogP contribution in [0.2, 0.25) is 0 Å². The molecule has 0 radical (unpaired) electrons. The van der Waals surface area contributed by atoms with Crippen LogP contribution in [0.4, 0.5) is 4.39 Å². The van der Waals surface area contributed by atoms with E-state index in [4.69, 9.17) is 0 Å². The molecule has 3 rings (SSSR count). The number of fused-ring (bicyclic) bond motifs is 1. The zero-order valence-electron chi connectivity index (χ0n) is 15.1. The van der Waals surface area contributed by atoms with Crippen molar-refractivity contribution < 1.29 is 9.18 Å². The highest BCUT2D eigenvalue weighted by Crippen LogP contribution is 2.15. The van der Waals surface area contributed by atoms with Gasteiger partial charge in [-0.1, -0.05) is 30.8 Å². The first-order valence-corrected chi connectivity index (χ1v) is 9.57. The van der Waals surface area contributed by atoms with Gasteiger partial charge in [0, 0.05) is 18.4 Å². The van der Waals surface area contributed by atoms with Crippen LogP contribution in [0.1, 0.15) is 25.8 Å². The van der Waals surface area contributed by atoms with Crippen LogP contribution in [0.5, 0.6) is 0 Å². The van der Waals surface area contributed by atoms with Crippen molar-refractivity contribution in [1.29, 1.82) is 0 Å². The van der Waals surface area contributed by atoms with E-state index >= 15 is 0 Å². The highest BCUT2D eigenvalue weighted by molar-refractivity contribution is 7.99. The van der Waals surface area contributed by atoms with E-state index in [1.807, 2.05) is 13.8 Å². The summed E-state index contributed by atoms with van der Waals surface area (Å²) in [6, 6.07) is 6.09. The van der Waals surface area contributed by atoms with Gasteiger partial charge in [-0.15, -0.1) is 10.2 Å². The van der Waals surface area contributed by atoms with Gasteiger partial charge in [0.05, 0.1) is 12.3 Å². The van der Waals surface area contributed by atoms with Gasteiger partial charge in [-0.25, -0.2) is 4.39 Å². The smallest absolute Gasteiger partial charge is 0.296 e. The summed E-state index contributed by atoms with van der Waals surface area (Å²) in [6.07, 6.45) is 4.18. The standard InChI is InChI=1S/C18H20FN5O2S/c1-3-12(2)20-15(25)11-27-18-22-21-16-17(26)23(8-9-24(16)18)10-13-4-6-14(19)7-5-13/h4-9,12H,3,10-11H2,1-2H3,(H,20,25)/t12-/m1/s1. The van der Waals surface area contributed by atoms with E-state index < -0.39 is 0 Å². The fourth-order valence-corrected chi connectivity index (χ4v) is 3.19. The third-order valence-electron chi connectivity index (χ3n) is 4.13. The quantitative estimate of drug-likeness (QED) is 0.626. The number of carbonyl (C=O) groups is 1. The second kappa shape index (κ2) is 8.34. The Hall–Kier alpha value is -2.68. The monoisotopic (exact) mass is 389 g/mol. The normalized spacial score (nSPS) is 12.3. The van der Waals surface area contributed by atoms with Crippen LogP contribution >= 0.6 is 11.8 Å². The Kier molecular flexibility index (Phi) is 5.90. The lowest BCUT2D eigenvalue weighted by molar-refractivity contribution is -0.119. The Bertz CT molecular complexity index is 999. The lowest BCUT2D eigenvalue weighted by Crippen LogP contribution is -2.33. The summed E-state index contributed by atoms with van der Waals surface area (Å²) in [5.74, 6) is -0.210. The molecule has 0 bridgehead atoms. The summed E-state index contributed by atoms with van der Waals surface area (Å²) in [4.78, 5) is 24.5. The lowest BCUT2D eigenvalue weighted by atomic mass is 10.2. The number of thioether (sulfide) groups is 1. The van der Waals surface area contributed by atoms with Crippen molar-refractivity contribution in [2.45, 2.75) is 38.0 Å². The third kappa shape index (κ3) is 4.54. The molecule has 9 heteroatoms. The van der Waals surface area contributed by atoms with Crippen molar-refractivity contribution in [2.24, 2.45) is 0 Å². The van der Waals surface area contributed by atoms with E-state index in [-0.39, 0.29) is 34.7 Å². The molecule has 0 fully saturated rings. The van der Waals surface area contributed by atoms with E-state index in [1.165, 1.54) is 28.5 Å².